The van der Waals surface area contributed by atoms with Gasteiger partial charge in [-0.25, -0.2) is 19.0 Å². The Morgan fingerprint density at radius 1 is 1.16 bits per heavy atom. The van der Waals surface area contributed by atoms with Crippen molar-refractivity contribution in [2.45, 2.75) is 59.5 Å². The fraction of sp³-hybridized carbons (Fsp3) is 0.391. The molecule has 2 aromatic heterocycles. The van der Waals surface area contributed by atoms with E-state index in [4.69, 9.17) is 11.6 Å². The van der Waals surface area contributed by atoms with Gasteiger partial charge in [-0.3, -0.25) is 4.79 Å². The van der Waals surface area contributed by atoms with Crippen molar-refractivity contribution in [1.82, 2.24) is 24.6 Å². The van der Waals surface area contributed by atoms with Gasteiger partial charge in [0.1, 0.15) is 5.82 Å². The largest absolute Gasteiger partial charge is 0.335 e. The van der Waals surface area contributed by atoms with Gasteiger partial charge < -0.3 is 4.90 Å². The molecule has 0 unspecified atom stereocenters. The van der Waals surface area contributed by atoms with Gasteiger partial charge in [-0.05, 0) is 58.7 Å². The zero-order valence-electron chi connectivity index (χ0n) is 18.1. The third kappa shape index (κ3) is 4.46. The Balaban J connectivity index is 1.61. The summed E-state index contributed by atoms with van der Waals surface area (Å²) in [7, 11) is 0. The van der Waals surface area contributed by atoms with E-state index in [2.05, 4.69) is 15.1 Å². The number of benzene rings is 1. The molecule has 162 valence electrons. The van der Waals surface area contributed by atoms with Crippen LogP contribution in [-0.2, 0) is 17.8 Å². The number of nitrogens with zero attached hydrogens (tertiary/aromatic N) is 5. The fourth-order valence-corrected chi connectivity index (χ4v) is 4.06. The highest BCUT2D eigenvalue weighted by Crippen LogP contribution is 2.32. The zero-order chi connectivity index (χ0) is 22.3. The van der Waals surface area contributed by atoms with E-state index in [-0.39, 0.29) is 24.9 Å². The zero-order valence-corrected chi connectivity index (χ0v) is 18.9. The van der Waals surface area contributed by atoms with E-state index in [0.29, 0.717) is 16.5 Å². The smallest absolute Gasteiger partial charge is 0.251 e. The summed E-state index contributed by atoms with van der Waals surface area (Å²) in [6.45, 7) is 7.79. The van der Waals surface area contributed by atoms with Crippen molar-refractivity contribution in [3.05, 3.63) is 69.0 Å². The lowest BCUT2D eigenvalue weighted by atomic mass is 10.1. The van der Waals surface area contributed by atoms with Crippen LogP contribution in [-0.4, -0.2) is 36.6 Å². The Hall–Kier alpha value is -2.80. The predicted octanol–water partition coefficient (Wildman–Crippen LogP) is 4.42. The lowest BCUT2D eigenvalue weighted by Crippen LogP contribution is -2.34. The first-order chi connectivity index (χ1) is 14.7. The summed E-state index contributed by atoms with van der Waals surface area (Å²) in [6, 6.07) is 6.62. The topological polar surface area (TPSA) is 63.9 Å². The van der Waals surface area contributed by atoms with Gasteiger partial charge in [0.2, 0.25) is 5.91 Å². The predicted molar refractivity (Wildman–Crippen MR) is 117 cm³/mol. The number of aromatic nitrogens is 4. The Kier molecular flexibility index (Phi) is 5.79. The van der Waals surface area contributed by atoms with Crippen molar-refractivity contribution in [3.63, 3.8) is 0 Å². The number of rotatable bonds is 6. The van der Waals surface area contributed by atoms with Crippen LogP contribution in [0, 0.1) is 33.5 Å². The number of halogens is 2. The van der Waals surface area contributed by atoms with Crippen LogP contribution in [0.15, 0.2) is 24.3 Å². The van der Waals surface area contributed by atoms with Gasteiger partial charge in [-0.1, -0.05) is 17.7 Å². The third-order valence-corrected chi connectivity index (χ3v) is 5.98. The van der Waals surface area contributed by atoms with Crippen molar-refractivity contribution in [2.24, 2.45) is 0 Å². The Bertz CT molecular complexity index is 1110. The number of hydrogen-bond acceptors (Lipinski definition) is 4. The van der Waals surface area contributed by atoms with Crippen LogP contribution in [0.25, 0.3) is 5.95 Å². The number of aryl methyl sites for hydroxylation is 3. The Labute approximate surface area is 186 Å². The molecule has 4 rings (SSSR count). The average molecular weight is 442 g/mol. The van der Waals surface area contributed by atoms with Crippen LogP contribution < -0.4 is 0 Å². The van der Waals surface area contributed by atoms with E-state index in [0.717, 1.165) is 41.2 Å². The van der Waals surface area contributed by atoms with Crippen LogP contribution in [0.1, 0.15) is 46.7 Å². The average Bonchev–Trinajstić information content (AvgIpc) is 3.49. The standard InChI is InChI=1S/C23H25ClFN5O/c1-13-10-14(2)27-23(26-13)30-16(4)18(15(3)28-30)11-22(31)29(17-8-9-17)12-19-20(24)6-5-7-21(19)25/h5-7,10,17H,8-9,11-12H2,1-4H3. The quantitative estimate of drug-likeness (QED) is 0.568. The minimum absolute atomic E-state index is 0.0612. The molecule has 1 aliphatic rings. The first-order valence-electron chi connectivity index (χ1n) is 10.3. The van der Waals surface area contributed by atoms with Gasteiger partial charge in [-0.15, -0.1) is 0 Å². The SMILES string of the molecule is Cc1cc(C)nc(-n2nc(C)c(CC(=O)N(Cc3c(F)cccc3Cl)C3CC3)c2C)n1. The van der Waals surface area contributed by atoms with Crippen molar-refractivity contribution >= 4 is 17.5 Å². The maximum atomic E-state index is 14.3. The van der Waals surface area contributed by atoms with Gasteiger partial charge in [0.15, 0.2) is 0 Å². The van der Waals surface area contributed by atoms with Gasteiger partial charge >= 0.3 is 0 Å². The summed E-state index contributed by atoms with van der Waals surface area (Å²) >= 11 is 6.21. The normalized spacial score (nSPS) is 13.5. The fourth-order valence-electron chi connectivity index (χ4n) is 3.84. The molecule has 0 N–H and O–H groups in total. The molecule has 0 bridgehead atoms. The molecule has 3 aromatic rings. The van der Waals surface area contributed by atoms with Crippen molar-refractivity contribution in [2.75, 3.05) is 0 Å². The summed E-state index contributed by atoms with van der Waals surface area (Å²) < 4.78 is 16.0. The van der Waals surface area contributed by atoms with E-state index < -0.39 is 5.82 Å². The van der Waals surface area contributed by atoms with Crippen molar-refractivity contribution < 1.29 is 9.18 Å². The first kappa shape index (κ1) is 21.4. The molecule has 0 radical (unpaired) electrons. The number of amides is 1. The van der Waals surface area contributed by atoms with E-state index in [1.54, 1.807) is 21.7 Å². The summed E-state index contributed by atoms with van der Waals surface area (Å²) in [4.78, 5) is 24.0. The summed E-state index contributed by atoms with van der Waals surface area (Å²) in [5.74, 6) is 0.0426. The molecule has 0 atom stereocenters. The molecule has 1 fully saturated rings. The molecular weight excluding hydrogens is 417 g/mol. The van der Waals surface area contributed by atoms with Gasteiger partial charge in [0, 0.05) is 39.3 Å². The van der Waals surface area contributed by atoms with Gasteiger partial charge in [-0.2, -0.15) is 5.10 Å². The summed E-state index contributed by atoms with van der Waals surface area (Å²) in [5, 5.41) is 4.93. The molecule has 0 aliphatic heterocycles. The highest BCUT2D eigenvalue weighted by atomic mass is 35.5. The van der Waals surface area contributed by atoms with Crippen molar-refractivity contribution in [1.29, 1.82) is 0 Å². The minimum atomic E-state index is -0.391. The second-order valence-corrected chi connectivity index (χ2v) is 8.55. The monoisotopic (exact) mass is 441 g/mol. The number of carbonyl (C=O) groups is 1. The second-order valence-electron chi connectivity index (χ2n) is 8.14. The molecule has 6 nitrogen and oxygen atoms in total. The molecule has 1 aromatic carbocycles. The minimum Gasteiger partial charge on any atom is -0.335 e. The number of carbonyl (C=O) groups excluding carboxylic acids is 1. The number of hydrogen-bond donors (Lipinski definition) is 0. The molecule has 0 saturated heterocycles. The highest BCUT2D eigenvalue weighted by Gasteiger charge is 2.34. The van der Waals surface area contributed by atoms with Crippen molar-refractivity contribution in [3.8, 4) is 5.95 Å². The molecule has 0 spiro atoms. The van der Waals surface area contributed by atoms with Crippen LogP contribution in [0.5, 0.6) is 0 Å². The maximum Gasteiger partial charge on any atom is 0.251 e. The van der Waals surface area contributed by atoms with Crippen LogP contribution in [0.2, 0.25) is 5.02 Å². The summed E-state index contributed by atoms with van der Waals surface area (Å²) in [5.41, 5.74) is 4.50. The molecular formula is C23H25ClFN5O. The highest BCUT2D eigenvalue weighted by molar-refractivity contribution is 6.31. The lowest BCUT2D eigenvalue weighted by Gasteiger charge is -2.23. The molecule has 1 amide bonds. The second kappa shape index (κ2) is 8.38. The first-order valence-corrected chi connectivity index (χ1v) is 10.7. The van der Waals surface area contributed by atoms with E-state index in [1.165, 1.54) is 6.07 Å². The van der Waals surface area contributed by atoms with Crippen LogP contribution in [0.4, 0.5) is 4.39 Å². The maximum absolute atomic E-state index is 14.3. The molecule has 1 saturated carbocycles. The van der Waals surface area contributed by atoms with E-state index in [9.17, 15) is 9.18 Å². The third-order valence-electron chi connectivity index (χ3n) is 5.63. The van der Waals surface area contributed by atoms with Gasteiger partial charge in [0.25, 0.3) is 5.95 Å². The van der Waals surface area contributed by atoms with E-state index in [1.807, 2.05) is 33.8 Å². The Morgan fingerprint density at radius 2 is 1.84 bits per heavy atom. The Morgan fingerprint density at radius 3 is 2.45 bits per heavy atom. The van der Waals surface area contributed by atoms with Crippen LogP contribution >= 0.6 is 11.6 Å². The lowest BCUT2D eigenvalue weighted by molar-refractivity contribution is -0.131. The molecule has 31 heavy (non-hydrogen) atoms. The summed E-state index contributed by atoms with van der Waals surface area (Å²) in [6.07, 6.45) is 2.03. The molecule has 1 aliphatic carbocycles. The van der Waals surface area contributed by atoms with E-state index >= 15 is 0 Å². The van der Waals surface area contributed by atoms with Gasteiger partial charge in [0.05, 0.1) is 18.7 Å². The molecule has 2 heterocycles. The van der Waals surface area contributed by atoms with Crippen LogP contribution in [0.3, 0.4) is 0 Å². The molecule has 8 heteroatoms.